The summed E-state index contributed by atoms with van der Waals surface area (Å²) >= 11 is 0. The predicted molar refractivity (Wildman–Crippen MR) is 139 cm³/mol. The Morgan fingerprint density at radius 3 is 2.16 bits per heavy atom. The van der Waals surface area contributed by atoms with Gasteiger partial charge in [-0.2, -0.15) is 4.98 Å². The Bertz CT molecular complexity index is 1440. The molecule has 0 aliphatic rings. The number of ether oxygens (including phenoxy) is 3. The summed E-state index contributed by atoms with van der Waals surface area (Å²) in [4.78, 5) is 17.2. The molecule has 0 bridgehead atoms. The molecule has 0 radical (unpaired) electrons. The minimum Gasteiger partial charge on any atom is -0.493 e. The van der Waals surface area contributed by atoms with Crippen LogP contribution in [0.4, 0.5) is 5.82 Å². The smallest absolute Gasteiger partial charge is 0.263 e. The van der Waals surface area contributed by atoms with Gasteiger partial charge in [0.05, 0.1) is 19.5 Å². The summed E-state index contributed by atoms with van der Waals surface area (Å²) in [5.74, 6) is 0.894. The quantitative estimate of drug-likeness (QED) is 0.303. The number of aromatic nitrogens is 4. The largest absolute Gasteiger partial charge is 0.493 e. The standard InChI is InChI=1S/C26H27N5O5S/c1-4-19(17-18-11-6-5-7-12-18)37(32,33)31-23-22(36-21-14-9-8-13-20(21)34-2)26(35-3)30-25(29-23)24-27-15-10-16-28-24/h5-16,19H,4,17H2,1-3H3,(H,29,30,31). The van der Waals surface area contributed by atoms with Crippen molar-refractivity contribution in [2.24, 2.45) is 0 Å². The average molecular weight is 522 g/mol. The summed E-state index contributed by atoms with van der Waals surface area (Å²) < 4.78 is 46.7. The van der Waals surface area contributed by atoms with Crippen molar-refractivity contribution in [1.29, 1.82) is 0 Å². The van der Waals surface area contributed by atoms with Gasteiger partial charge in [0.15, 0.2) is 23.1 Å². The van der Waals surface area contributed by atoms with Crippen molar-refractivity contribution in [2.75, 3.05) is 18.9 Å². The predicted octanol–water partition coefficient (Wildman–Crippen LogP) is 4.51. The molecule has 0 aliphatic heterocycles. The van der Waals surface area contributed by atoms with Crippen LogP contribution in [0.5, 0.6) is 23.1 Å². The molecule has 11 heteroatoms. The highest BCUT2D eigenvalue weighted by Gasteiger charge is 2.29. The Morgan fingerprint density at radius 2 is 1.51 bits per heavy atom. The Labute approximate surface area is 215 Å². The number of sulfonamides is 1. The van der Waals surface area contributed by atoms with Gasteiger partial charge in [-0.3, -0.25) is 4.72 Å². The Hall–Kier alpha value is -4.25. The number of benzene rings is 2. The fourth-order valence-corrected chi connectivity index (χ4v) is 5.05. The summed E-state index contributed by atoms with van der Waals surface area (Å²) in [7, 11) is -1.02. The fourth-order valence-electron chi connectivity index (χ4n) is 3.63. The van der Waals surface area contributed by atoms with Crippen LogP contribution in [0, 0.1) is 0 Å². The maximum atomic E-state index is 13.6. The molecule has 1 N–H and O–H groups in total. The highest BCUT2D eigenvalue weighted by Crippen LogP contribution is 2.41. The lowest BCUT2D eigenvalue weighted by Gasteiger charge is -2.20. The van der Waals surface area contributed by atoms with Gasteiger partial charge in [-0.15, -0.1) is 0 Å². The normalized spacial score (nSPS) is 12.0. The van der Waals surface area contributed by atoms with E-state index in [1.54, 1.807) is 30.3 Å². The number of rotatable bonds is 11. The lowest BCUT2D eigenvalue weighted by molar-refractivity contribution is 0.348. The van der Waals surface area contributed by atoms with Gasteiger partial charge < -0.3 is 14.2 Å². The van der Waals surface area contributed by atoms with Crippen LogP contribution in [0.2, 0.25) is 0 Å². The van der Waals surface area contributed by atoms with Crippen LogP contribution in [0.3, 0.4) is 0 Å². The number of anilines is 1. The first-order valence-corrected chi connectivity index (χ1v) is 13.1. The van der Waals surface area contributed by atoms with Crippen molar-refractivity contribution < 1.29 is 22.6 Å². The summed E-state index contributed by atoms with van der Waals surface area (Å²) in [6, 6.07) is 18.0. The highest BCUT2D eigenvalue weighted by molar-refractivity contribution is 7.93. The molecule has 0 aliphatic carbocycles. The van der Waals surface area contributed by atoms with Crippen LogP contribution < -0.4 is 18.9 Å². The first-order chi connectivity index (χ1) is 17.9. The molecule has 2 heterocycles. The number of hydrogen-bond acceptors (Lipinski definition) is 9. The van der Waals surface area contributed by atoms with Gasteiger partial charge in [0.25, 0.3) is 5.88 Å². The Kier molecular flexibility index (Phi) is 8.14. The van der Waals surface area contributed by atoms with Crippen LogP contribution >= 0.6 is 0 Å². The molecular weight excluding hydrogens is 494 g/mol. The third-order valence-electron chi connectivity index (χ3n) is 5.51. The fraction of sp³-hybridized carbons (Fsp3) is 0.231. The molecule has 192 valence electrons. The number of methoxy groups -OCH3 is 2. The van der Waals surface area contributed by atoms with E-state index in [-0.39, 0.29) is 29.1 Å². The molecule has 0 amide bonds. The van der Waals surface area contributed by atoms with E-state index in [2.05, 4.69) is 24.7 Å². The summed E-state index contributed by atoms with van der Waals surface area (Å²) in [5.41, 5.74) is 0.906. The first-order valence-electron chi connectivity index (χ1n) is 11.5. The summed E-state index contributed by atoms with van der Waals surface area (Å²) in [6.07, 6.45) is 3.78. The molecule has 37 heavy (non-hydrogen) atoms. The zero-order valence-corrected chi connectivity index (χ0v) is 21.5. The van der Waals surface area contributed by atoms with E-state index in [1.165, 1.54) is 26.6 Å². The van der Waals surface area contributed by atoms with E-state index in [0.717, 1.165) is 5.56 Å². The summed E-state index contributed by atoms with van der Waals surface area (Å²) in [5, 5.41) is -0.730. The Balaban J connectivity index is 1.79. The van der Waals surface area contributed by atoms with Crippen LogP contribution in [0.1, 0.15) is 18.9 Å². The maximum Gasteiger partial charge on any atom is 0.263 e. The van der Waals surface area contributed by atoms with Gasteiger partial charge in [-0.1, -0.05) is 49.4 Å². The van der Waals surface area contributed by atoms with Crippen LogP contribution in [-0.4, -0.2) is 47.8 Å². The molecule has 1 unspecified atom stereocenters. The van der Waals surface area contributed by atoms with E-state index < -0.39 is 15.3 Å². The maximum absolute atomic E-state index is 13.6. The second kappa shape index (κ2) is 11.7. The van der Waals surface area contributed by atoms with Gasteiger partial charge in [-0.25, -0.2) is 23.4 Å². The lowest BCUT2D eigenvalue weighted by atomic mass is 10.1. The van der Waals surface area contributed by atoms with Crippen LogP contribution in [-0.2, 0) is 16.4 Å². The van der Waals surface area contributed by atoms with E-state index >= 15 is 0 Å². The molecule has 0 saturated carbocycles. The monoisotopic (exact) mass is 521 g/mol. The minimum atomic E-state index is -3.93. The lowest BCUT2D eigenvalue weighted by Crippen LogP contribution is -2.30. The molecule has 4 aromatic rings. The van der Waals surface area contributed by atoms with E-state index in [0.29, 0.717) is 24.3 Å². The van der Waals surface area contributed by atoms with E-state index in [1.807, 2.05) is 37.3 Å². The van der Waals surface area contributed by atoms with Crippen molar-refractivity contribution in [3.05, 3.63) is 78.6 Å². The molecule has 0 saturated heterocycles. The van der Waals surface area contributed by atoms with Gasteiger partial charge >= 0.3 is 0 Å². The topological polar surface area (TPSA) is 125 Å². The second-order valence-electron chi connectivity index (χ2n) is 7.93. The zero-order valence-electron chi connectivity index (χ0n) is 20.7. The van der Waals surface area contributed by atoms with E-state index in [4.69, 9.17) is 14.2 Å². The van der Waals surface area contributed by atoms with Crippen LogP contribution in [0.25, 0.3) is 11.6 Å². The van der Waals surface area contributed by atoms with E-state index in [9.17, 15) is 8.42 Å². The van der Waals surface area contributed by atoms with Crippen LogP contribution in [0.15, 0.2) is 73.1 Å². The Morgan fingerprint density at radius 1 is 0.838 bits per heavy atom. The van der Waals surface area contributed by atoms with Gasteiger partial charge in [0.2, 0.25) is 21.6 Å². The second-order valence-corrected chi connectivity index (χ2v) is 9.89. The third-order valence-corrected chi connectivity index (χ3v) is 7.37. The van der Waals surface area contributed by atoms with Crippen molar-refractivity contribution in [2.45, 2.75) is 25.0 Å². The average Bonchev–Trinajstić information content (AvgIpc) is 2.93. The molecule has 10 nitrogen and oxygen atoms in total. The third kappa shape index (κ3) is 6.12. The van der Waals surface area contributed by atoms with Crippen molar-refractivity contribution in [3.63, 3.8) is 0 Å². The molecular formula is C26H27N5O5S. The SMILES string of the molecule is CCC(Cc1ccccc1)S(=O)(=O)Nc1nc(-c2ncccn2)nc(OC)c1Oc1ccccc1OC. The molecule has 4 rings (SSSR count). The van der Waals surface area contributed by atoms with Gasteiger partial charge in [0, 0.05) is 12.4 Å². The van der Waals surface area contributed by atoms with Crippen molar-refractivity contribution >= 4 is 15.8 Å². The zero-order chi connectivity index (χ0) is 26.3. The minimum absolute atomic E-state index is 0.00262. The number of nitrogens with one attached hydrogen (secondary N) is 1. The number of hydrogen-bond donors (Lipinski definition) is 1. The van der Waals surface area contributed by atoms with Gasteiger partial charge in [-0.05, 0) is 36.6 Å². The summed E-state index contributed by atoms with van der Waals surface area (Å²) in [6.45, 7) is 1.82. The number of nitrogens with zero attached hydrogens (tertiary/aromatic N) is 4. The molecule has 0 spiro atoms. The molecule has 2 aromatic heterocycles. The first kappa shape index (κ1) is 25.8. The molecule has 0 fully saturated rings. The van der Waals surface area contributed by atoms with Gasteiger partial charge in [0.1, 0.15) is 0 Å². The highest BCUT2D eigenvalue weighted by atomic mass is 32.2. The molecule has 2 aromatic carbocycles. The van der Waals surface area contributed by atoms with Crippen molar-refractivity contribution in [1.82, 2.24) is 19.9 Å². The molecule has 1 atom stereocenters. The van der Waals surface area contributed by atoms with Crippen molar-refractivity contribution in [3.8, 4) is 34.8 Å². The number of para-hydroxylation sites is 2.